The summed E-state index contributed by atoms with van der Waals surface area (Å²) in [7, 11) is 0. The zero-order valence-electron chi connectivity index (χ0n) is 11.5. The van der Waals surface area contributed by atoms with Crippen LogP contribution >= 0.6 is 23.2 Å². The van der Waals surface area contributed by atoms with Crippen LogP contribution in [0.5, 0.6) is 5.75 Å². The van der Waals surface area contributed by atoms with Crippen molar-refractivity contribution in [3.63, 3.8) is 0 Å². The average Bonchev–Trinajstić information content (AvgIpc) is 2.84. The van der Waals surface area contributed by atoms with Crippen molar-refractivity contribution in [1.82, 2.24) is 4.90 Å². The summed E-state index contributed by atoms with van der Waals surface area (Å²) in [5.41, 5.74) is 3.03. The van der Waals surface area contributed by atoms with Gasteiger partial charge in [0.15, 0.2) is 0 Å². The molecule has 2 aromatic rings. The van der Waals surface area contributed by atoms with Gasteiger partial charge < -0.3 is 4.74 Å². The molecule has 3 rings (SSSR count). The molecule has 0 N–H and O–H groups in total. The van der Waals surface area contributed by atoms with Crippen molar-refractivity contribution in [2.24, 2.45) is 0 Å². The fraction of sp³-hybridized carbons (Fsp3) is 0.250. The van der Waals surface area contributed by atoms with Gasteiger partial charge >= 0.3 is 6.61 Å². The minimum atomic E-state index is -2.85. The van der Waals surface area contributed by atoms with Crippen LogP contribution in [0.2, 0.25) is 10.0 Å². The van der Waals surface area contributed by atoms with Gasteiger partial charge in [0.25, 0.3) is 0 Å². The van der Waals surface area contributed by atoms with Crippen molar-refractivity contribution in [2.75, 3.05) is 0 Å². The lowest BCUT2D eigenvalue weighted by molar-refractivity contribution is -0.0498. The van der Waals surface area contributed by atoms with Crippen molar-refractivity contribution in [1.29, 1.82) is 0 Å². The van der Waals surface area contributed by atoms with Crippen LogP contribution < -0.4 is 4.74 Å². The molecule has 1 aliphatic heterocycles. The number of hydrogen-bond donors (Lipinski definition) is 0. The predicted molar refractivity (Wildman–Crippen MR) is 82.5 cm³/mol. The molecule has 2 nitrogen and oxygen atoms in total. The van der Waals surface area contributed by atoms with E-state index in [1.165, 1.54) is 6.07 Å². The van der Waals surface area contributed by atoms with E-state index >= 15 is 0 Å². The van der Waals surface area contributed by atoms with E-state index in [0.717, 1.165) is 23.2 Å². The van der Waals surface area contributed by atoms with Crippen molar-refractivity contribution in [2.45, 2.75) is 26.2 Å². The van der Waals surface area contributed by atoms with E-state index in [4.69, 9.17) is 23.2 Å². The van der Waals surface area contributed by atoms with Gasteiger partial charge in [-0.25, -0.2) is 0 Å². The fourth-order valence-electron chi connectivity index (χ4n) is 2.64. The third kappa shape index (κ3) is 3.51. The minimum absolute atomic E-state index is 0.104. The van der Waals surface area contributed by atoms with Crippen LogP contribution in [0.3, 0.4) is 0 Å². The number of alkyl halides is 2. The summed E-state index contributed by atoms with van der Waals surface area (Å²) in [6.07, 6.45) is 0. The third-order valence-electron chi connectivity index (χ3n) is 3.58. The molecule has 0 saturated heterocycles. The second-order valence-electron chi connectivity index (χ2n) is 5.19. The van der Waals surface area contributed by atoms with E-state index in [0.29, 0.717) is 23.1 Å². The highest BCUT2D eigenvalue weighted by molar-refractivity contribution is 6.31. The lowest BCUT2D eigenvalue weighted by Gasteiger charge is -2.14. The van der Waals surface area contributed by atoms with Crippen LogP contribution in [0.15, 0.2) is 36.4 Å². The van der Waals surface area contributed by atoms with E-state index in [-0.39, 0.29) is 5.75 Å². The van der Waals surface area contributed by atoms with E-state index in [1.807, 2.05) is 24.3 Å². The molecule has 22 heavy (non-hydrogen) atoms. The first kappa shape index (κ1) is 15.5. The maximum Gasteiger partial charge on any atom is 0.387 e. The molecule has 1 heterocycles. The molecular weight excluding hydrogens is 331 g/mol. The average molecular weight is 344 g/mol. The Morgan fingerprint density at radius 1 is 1.09 bits per heavy atom. The largest absolute Gasteiger partial charge is 0.435 e. The molecular formula is C16H13Cl2F2NO. The van der Waals surface area contributed by atoms with E-state index in [9.17, 15) is 8.78 Å². The Bertz CT molecular complexity index is 677. The molecule has 0 aromatic heterocycles. The topological polar surface area (TPSA) is 12.5 Å². The van der Waals surface area contributed by atoms with Crippen molar-refractivity contribution < 1.29 is 13.5 Å². The lowest BCUT2D eigenvalue weighted by atomic mass is 10.1. The molecule has 0 unspecified atom stereocenters. The summed E-state index contributed by atoms with van der Waals surface area (Å²) in [6.45, 7) is -0.766. The Morgan fingerprint density at radius 2 is 1.82 bits per heavy atom. The minimum Gasteiger partial charge on any atom is -0.435 e. The molecule has 116 valence electrons. The van der Waals surface area contributed by atoms with Crippen LogP contribution in [0, 0.1) is 0 Å². The van der Waals surface area contributed by atoms with Gasteiger partial charge in [-0.15, -0.1) is 0 Å². The van der Waals surface area contributed by atoms with E-state index in [1.54, 1.807) is 6.07 Å². The SMILES string of the molecule is FC(F)Oc1cc(Cl)c2c(c1)CN(Cc1ccc(Cl)cc1)C2. The van der Waals surface area contributed by atoms with Crippen molar-refractivity contribution in [3.05, 3.63) is 63.1 Å². The molecule has 0 amide bonds. The van der Waals surface area contributed by atoms with Gasteiger partial charge in [0.2, 0.25) is 0 Å². The van der Waals surface area contributed by atoms with Gasteiger partial charge in [0.05, 0.1) is 0 Å². The summed E-state index contributed by atoms with van der Waals surface area (Å²) in [4.78, 5) is 2.19. The Labute approximate surface area is 137 Å². The Morgan fingerprint density at radius 3 is 2.50 bits per heavy atom. The number of fused-ring (bicyclic) bond motifs is 1. The van der Waals surface area contributed by atoms with Crippen LogP contribution in [0.1, 0.15) is 16.7 Å². The Kier molecular flexibility index (Phi) is 4.52. The monoisotopic (exact) mass is 343 g/mol. The maximum absolute atomic E-state index is 12.3. The third-order valence-corrected chi connectivity index (χ3v) is 4.17. The maximum atomic E-state index is 12.3. The smallest absolute Gasteiger partial charge is 0.387 e. The molecule has 0 saturated carbocycles. The number of ether oxygens (including phenoxy) is 1. The Balaban J connectivity index is 1.74. The van der Waals surface area contributed by atoms with Crippen molar-refractivity contribution >= 4 is 23.2 Å². The van der Waals surface area contributed by atoms with Gasteiger partial charge in [-0.2, -0.15) is 8.78 Å². The molecule has 0 aliphatic carbocycles. The van der Waals surface area contributed by atoms with Crippen LogP contribution in [0.25, 0.3) is 0 Å². The summed E-state index contributed by atoms with van der Waals surface area (Å²) in [6, 6.07) is 10.7. The van der Waals surface area contributed by atoms with Crippen LogP contribution in [-0.4, -0.2) is 11.5 Å². The molecule has 0 bridgehead atoms. The van der Waals surface area contributed by atoms with Crippen LogP contribution in [0.4, 0.5) is 8.78 Å². The van der Waals surface area contributed by atoms with Gasteiger partial charge in [-0.05, 0) is 41.0 Å². The number of rotatable bonds is 4. The summed E-state index contributed by atoms with van der Waals surface area (Å²) < 4.78 is 29.1. The van der Waals surface area contributed by atoms with E-state index < -0.39 is 6.61 Å². The molecule has 0 spiro atoms. The molecule has 0 fully saturated rings. The standard InChI is InChI=1S/C16H13Cl2F2NO/c17-12-3-1-10(2-4-12)7-21-8-11-5-13(22-16(19)20)6-15(18)14(11)9-21/h1-6,16H,7-9H2. The number of benzene rings is 2. The molecule has 0 radical (unpaired) electrons. The highest BCUT2D eigenvalue weighted by Gasteiger charge is 2.23. The molecule has 0 atom stereocenters. The first-order valence-corrected chi connectivity index (χ1v) is 7.50. The summed E-state index contributed by atoms with van der Waals surface area (Å²) >= 11 is 12.1. The highest BCUT2D eigenvalue weighted by Crippen LogP contribution is 2.34. The zero-order valence-corrected chi connectivity index (χ0v) is 13.0. The normalized spacial score (nSPS) is 14.4. The Hall–Kier alpha value is -1.36. The summed E-state index contributed by atoms with van der Waals surface area (Å²) in [5, 5.41) is 1.16. The number of hydrogen-bond acceptors (Lipinski definition) is 2. The van der Waals surface area contributed by atoms with E-state index in [2.05, 4.69) is 9.64 Å². The second kappa shape index (κ2) is 6.41. The molecule has 6 heteroatoms. The molecule has 1 aliphatic rings. The highest BCUT2D eigenvalue weighted by atomic mass is 35.5. The fourth-order valence-corrected chi connectivity index (χ4v) is 3.05. The lowest BCUT2D eigenvalue weighted by Crippen LogP contribution is -2.15. The van der Waals surface area contributed by atoms with Gasteiger partial charge in [-0.3, -0.25) is 4.90 Å². The number of halogens is 4. The first-order chi connectivity index (χ1) is 10.5. The first-order valence-electron chi connectivity index (χ1n) is 6.74. The van der Waals surface area contributed by atoms with Gasteiger partial charge in [0, 0.05) is 29.7 Å². The van der Waals surface area contributed by atoms with Gasteiger partial charge in [0.1, 0.15) is 5.75 Å². The second-order valence-corrected chi connectivity index (χ2v) is 6.04. The van der Waals surface area contributed by atoms with Crippen LogP contribution in [-0.2, 0) is 19.6 Å². The quantitative estimate of drug-likeness (QED) is 0.764. The zero-order chi connectivity index (χ0) is 15.7. The predicted octanol–water partition coefficient (Wildman–Crippen LogP) is 5.11. The van der Waals surface area contributed by atoms with Crippen molar-refractivity contribution in [3.8, 4) is 5.75 Å². The number of nitrogens with zero attached hydrogens (tertiary/aromatic N) is 1. The van der Waals surface area contributed by atoms with Gasteiger partial charge in [-0.1, -0.05) is 35.3 Å². The molecule has 2 aromatic carbocycles. The summed E-state index contributed by atoms with van der Waals surface area (Å²) in [5.74, 6) is 0.104.